The fourth-order valence-electron chi connectivity index (χ4n) is 3.16. The Labute approximate surface area is 167 Å². The predicted molar refractivity (Wildman–Crippen MR) is 102 cm³/mol. The Morgan fingerprint density at radius 3 is 2.62 bits per heavy atom. The molecule has 3 aromatic heterocycles. The number of nitrogens with zero attached hydrogens (tertiary/aromatic N) is 6. The topological polar surface area (TPSA) is 144 Å². The number of hydrogen-bond acceptors (Lipinski definition) is 10. The molecule has 11 heteroatoms. The molecule has 0 saturated carbocycles. The van der Waals surface area contributed by atoms with Crippen molar-refractivity contribution in [2.45, 2.75) is 58.2 Å². The molecule has 0 amide bonds. The van der Waals surface area contributed by atoms with Gasteiger partial charge in [-0.25, -0.2) is 15.0 Å². The second kappa shape index (κ2) is 7.65. The van der Waals surface area contributed by atoms with Crippen molar-refractivity contribution in [3.8, 4) is 0 Å². The highest BCUT2D eigenvalue weighted by Crippen LogP contribution is 2.39. The third kappa shape index (κ3) is 3.56. The van der Waals surface area contributed by atoms with Crippen molar-refractivity contribution < 1.29 is 19.5 Å². The molecule has 0 aromatic carbocycles. The summed E-state index contributed by atoms with van der Waals surface area (Å²) in [7, 11) is 0. The van der Waals surface area contributed by atoms with Crippen molar-refractivity contribution in [2.75, 3.05) is 11.9 Å². The molecular weight excluding hydrogens is 378 g/mol. The average molecular weight is 403 g/mol. The molecule has 1 aliphatic heterocycles. The van der Waals surface area contributed by atoms with Gasteiger partial charge in [0.05, 0.1) is 6.33 Å². The van der Waals surface area contributed by atoms with Crippen LogP contribution in [0.4, 0.5) is 5.82 Å². The zero-order valence-corrected chi connectivity index (χ0v) is 16.7. The van der Waals surface area contributed by atoms with Gasteiger partial charge in [0.25, 0.3) is 5.89 Å². The number of ether oxygens (including phenoxy) is 1. The molecule has 1 aliphatic rings. The van der Waals surface area contributed by atoms with E-state index >= 15 is 0 Å². The van der Waals surface area contributed by atoms with E-state index < -0.39 is 24.5 Å². The summed E-state index contributed by atoms with van der Waals surface area (Å²) in [6, 6.07) is 0. The number of aliphatic hydroxyl groups is 2. The van der Waals surface area contributed by atoms with Crippen LogP contribution in [-0.4, -0.2) is 58.6 Å². The first-order valence-corrected chi connectivity index (χ1v) is 9.63. The van der Waals surface area contributed by atoms with Gasteiger partial charge in [0.15, 0.2) is 35.1 Å². The van der Waals surface area contributed by atoms with Gasteiger partial charge in [-0.3, -0.25) is 4.57 Å². The molecule has 0 spiro atoms. The molecular formula is C18H25N7O4. The van der Waals surface area contributed by atoms with Crippen LogP contribution in [0.2, 0.25) is 0 Å². The van der Waals surface area contributed by atoms with Crippen molar-refractivity contribution >= 4 is 17.0 Å². The Hall–Kier alpha value is -2.63. The smallest absolute Gasteiger partial charge is 0.258 e. The van der Waals surface area contributed by atoms with E-state index in [9.17, 15) is 10.2 Å². The molecule has 4 rings (SSSR count). The summed E-state index contributed by atoms with van der Waals surface area (Å²) in [4.78, 5) is 17.2. The Balaban J connectivity index is 1.62. The minimum Gasteiger partial charge on any atom is -0.387 e. The van der Waals surface area contributed by atoms with Crippen LogP contribution in [0.3, 0.4) is 0 Å². The first-order chi connectivity index (χ1) is 13.9. The second-order valence-electron chi connectivity index (χ2n) is 7.90. The fourth-order valence-corrected chi connectivity index (χ4v) is 3.16. The molecule has 0 aliphatic carbocycles. The quantitative estimate of drug-likeness (QED) is 0.552. The molecule has 4 heterocycles. The van der Waals surface area contributed by atoms with Gasteiger partial charge in [-0.05, 0) is 5.92 Å². The number of aromatic nitrogens is 6. The monoisotopic (exact) mass is 403 g/mol. The fraction of sp³-hybridized carbons (Fsp3) is 0.611. The van der Waals surface area contributed by atoms with Gasteiger partial charge >= 0.3 is 0 Å². The predicted octanol–water partition coefficient (Wildman–Crippen LogP) is 1.39. The SMILES string of the molecule is CC(C)CNc1ncnc2c1ncn2[C@@H]1O[C@H](c2nc(C(C)C)no2)[C@@H](O)[C@H]1O. The molecule has 0 bridgehead atoms. The molecule has 1 fully saturated rings. The van der Waals surface area contributed by atoms with Crippen LogP contribution < -0.4 is 5.32 Å². The first kappa shape index (κ1) is 19.7. The van der Waals surface area contributed by atoms with Crippen LogP contribution >= 0.6 is 0 Å². The van der Waals surface area contributed by atoms with Crippen molar-refractivity contribution in [3.05, 3.63) is 24.4 Å². The Morgan fingerprint density at radius 1 is 1.14 bits per heavy atom. The molecule has 3 N–H and O–H groups in total. The largest absolute Gasteiger partial charge is 0.387 e. The van der Waals surface area contributed by atoms with E-state index in [1.54, 1.807) is 4.57 Å². The molecule has 3 aromatic rings. The summed E-state index contributed by atoms with van der Waals surface area (Å²) in [6.45, 7) is 8.78. The lowest BCUT2D eigenvalue weighted by Crippen LogP contribution is -2.29. The van der Waals surface area contributed by atoms with E-state index in [1.165, 1.54) is 12.7 Å². The maximum atomic E-state index is 10.6. The van der Waals surface area contributed by atoms with Crippen molar-refractivity contribution in [1.29, 1.82) is 0 Å². The van der Waals surface area contributed by atoms with Gasteiger partial charge in [0.1, 0.15) is 18.5 Å². The number of anilines is 1. The zero-order chi connectivity index (χ0) is 20.7. The van der Waals surface area contributed by atoms with E-state index in [2.05, 4.69) is 44.3 Å². The number of fused-ring (bicyclic) bond motifs is 1. The molecule has 4 atom stereocenters. The van der Waals surface area contributed by atoms with Crippen molar-refractivity contribution in [1.82, 2.24) is 29.7 Å². The van der Waals surface area contributed by atoms with Crippen LogP contribution in [0.15, 0.2) is 17.2 Å². The maximum Gasteiger partial charge on any atom is 0.258 e. The van der Waals surface area contributed by atoms with E-state index in [4.69, 9.17) is 9.26 Å². The molecule has 0 radical (unpaired) electrons. The molecule has 11 nitrogen and oxygen atoms in total. The van der Waals surface area contributed by atoms with Gasteiger partial charge in [-0.15, -0.1) is 0 Å². The summed E-state index contributed by atoms with van der Waals surface area (Å²) in [6.07, 6.45) is -1.40. The minimum absolute atomic E-state index is 0.0674. The lowest BCUT2D eigenvalue weighted by Gasteiger charge is -2.16. The van der Waals surface area contributed by atoms with Crippen molar-refractivity contribution in [2.24, 2.45) is 5.92 Å². The van der Waals surface area contributed by atoms with Crippen LogP contribution in [-0.2, 0) is 4.74 Å². The lowest BCUT2D eigenvalue weighted by atomic mass is 10.1. The van der Waals surface area contributed by atoms with E-state index in [1.807, 2.05) is 13.8 Å². The third-order valence-electron chi connectivity index (χ3n) is 4.77. The van der Waals surface area contributed by atoms with Crippen LogP contribution in [0, 0.1) is 5.92 Å². The molecule has 156 valence electrons. The summed E-state index contributed by atoms with van der Waals surface area (Å²) in [5.74, 6) is 1.74. The van der Waals surface area contributed by atoms with Crippen LogP contribution in [0.1, 0.15) is 57.7 Å². The Morgan fingerprint density at radius 2 is 1.93 bits per heavy atom. The Kier molecular flexibility index (Phi) is 5.19. The highest BCUT2D eigenvalue weighted by Gasteiger charge is 2.47. The number of hydrogen-bond donors (Lipinski definition) is 3. The standard InChI is InChI=1S/C18H25N7O4/c1-8(2)5-19-15-10-16(21-6-20-15)25(7-22-10)18-12(27)11(26)13(28-18)17-23-14(9(3)4)24-29-17/h6-9,11-13,18,26-27H,5H2,1-4H3,(H,19,20,21)/t11-,12+,13-,18+/m0/s1. The Bertz CT molecular complexity index is 986. The maximum absolute atomic E-state index is 10.6. The summed E-state index contributed by atoms with van der Waals surface area (Å²) < 4.78 is 12.7. The normalized spacial score (nSPS) is 24.8. The van der Waals surface area contributed by atoms with E-state index in [0.717, 1.165) is 6.54 Å². The third-order valence-corrected chi connectivity index (χ3v) is 4.77. The second-order valence-corrected chi connectivity index (χ2v) is 7.90. The molecule has 29 heavy (non-hydrogen) atoms. The first-order valence-electron chi connectivity index (χ1n) is 9.63. The molecule has 0 unspecified atom stereocenters. The van der Waals surface area contributed by atoms with E-state index in [0.29, 0.717) is 28.7 Å². The van der Waals surface area contributed by atoms with Gasteiger partial charge in [-0.2, -0.15) is 4.98 Å². The summed E-state index contributed by atoms with van der Waals surface area (Å²) in [5, 5.41) is 28.3. The van der Waals surface area contributed by atoms with Gasteiger partial charge < -0.3 is 24.8 Å². The summed E-state index contributed by atoms with van der Waals surface area (Å²) in [5.41, 5.74) is 1.04. The minimum atomic E-state index is -1.24. The van der Waals surface area contributed by atoms with Gasteiger partial charge in [-0.1, -0.05) is 32.9 Å². The van der Waals surface area contributed by atoms with Gasteiger partial charge in [0, 0.05) is 12.5 Å². The zero-order valence-electron chi connectivity index (χ0n) is 16.7. The van der Waals surface area contributed by atoms with Crippen LogP contribution in [0.5, 0.6) is 0 Å². The lowest BCUT2D eigenvalue weighted by molar-refractivity contribution is -0.0451. The van der Waals surface area contributed by atoms with Crippen molar-refractivity contribution in [3.63, 3.8) is 0 Å². The number of aliphatic hydroxyl groups excluding tert-OH is 2. The van der Waals surface area contributed by atoms with E-state index in [-0.39, 0.29) is 11.8 Å². The number of rotatable bonds is 6. The average Bonchev–Trinajstić information content (AvgIpc) is 3.39. The summed E-state index contributed by atoms with van der Waals surface area (Å²) >= 11 is 0. The van der Waals surface area contributed by atoms with Crippen LogP contribution in [0.25, 0.3) is 11.2 Å². The molecule has 1 saturated heterocycles. The highest BCUT2D eigenvalue weighted by atomic mass is 16.6. The highest BCUT2D eigenvalue weighted by molar-refractivity contribution is 5.82. The number of imidazole rings is 1. The van der Waals surface area contributed by atoms with Gasteiger partial charge in [0.2, 0.25) is 0 Å². The number of nitrogens with one attached hydrogen (secondary N) is 1.